The maximum absolute atomic E-state index is 11.7. The van der Waals surface area contributed by atoms with Gasteiger partial charge in [-0.05, 0) is 50.9 Å². The molecule has 0 saturated carbocycles. The molecule has 0 aromatic rings. The van der Waals surface area contributed by atoms with Crippen LogP contribution in [-0.4, -0.2) is 19.4 Å². The normalized spacial score (nSPS) is 11.8. The Labute approximate surface area is 238 Å². The van der Waals surface area contributed by atoms with Crippen molar-refractivity contribution in [2.45, 2.75) is 175 Å². The molecule has 3 heteroatoms. The zero-order valence-corrected chi connectivity index (χ0v) is 26.0. The first kappa shape index (κ1) is 36.8. The standard InChI is InChI=1S/C35H66O3/c1-4-5-6-7-8-9-10-11-12-13-14-17-20-23-26-29-32-37-35(36)38-33-30-27-24-21-18-15-16-19-22-25-28-31-34(2)3/h8-9,11-12,34H,4-7,10,13-33H2,1-3H3. The van der Waals surface area contributed by atoms with Crippen LogP contribution >= 0.6 is 0 Å². The van der Waals surface area contributed by atoms with Gasteiger partial charge < -0.3 is 9.47 Å². The van der Waals surface area contributed by atoms with E-state index in [2.05, 4.69) is 45.1 Å². The van der Waals surface area contributed by atoms with Gasteiger partial charge in [0.2, 0.25) is 0 Å². The van der Waals surface area contributed by atoms with Gasteiger partial charge in [0.1, 0.15) is 0 Å². The van der Waals surface area contributed by atoms with Gasteiger partial charge in [0, 0.05) is 0 Å². The molecule has 0 aromatic carbocycles. The molecule has 224 valence electrons. The van der Waals surface area contributed by atoms with Gasteiger partial charge in [0.15, 0.2) is 0 Å². The van der Waals surface area contributed by atoms with Gasteiger partial charge >= 0.3 is 6.16 Å². The van der Waals surface area contributed by atoms with Gasteiger partial charge in [-0.3, -0.25) is 0 Å². The topological polar surface area (TPSA) is 35.5 Å². The van der Waals surface area contributed by atoms with E-state index < -0.39 is 6.16 Å². The number of carbonyl (C=O) groups excluding carboxylic acids is 1. The number of allylic oxidation sites excluding steroid dienone is 4. The molecule has 0 fully saturated rings. The molecule has 0 rings (SSSR count). The largest absolute Gasteiger partial charge is 0.508 e. The fraction of sp³-hybridized carbons (Fsp3) is 0.857. The van der Waals surface area contributed by atoms with Crippen molar-refractivity contribution in [1.82, 2.24) is 0 Å². The summed E-state index contributed by atoms with van der Waals surface area (Å²) < 4.78 is 10.4. The summed E-state index contributed by atoms with van der Waals surface area (Å²) in [5, 5.41) is 0. The van der Waals surface area contributed by atoms with Gasteiger partial charge in [-0.25, -0.2) is 4.79 Å². The number of carbonyl (C=O) groups is 1. The van der Waals surface area contributed by atoms with Crippen LogP contribution in [0.15, 0.2) is 24.3 Å². The molecule has 0 heterocycles. The van der Waals surface area contributed by atoms with Gasteiger partial charge in [-0.1, -0.05) is 154 Å². The number of unbranched alkanes of at least 4 members (excludes halogenated alkanes) is 19. The lowest BCUT2D eigenvalue weighted by atomic mass is 10.0. The average molecular weight is 535 g/mol. The van der Waals surface area contributed by atoms with Gasteiger partial charge in [0.05, 0.1) is 13.2 Å². The summed E-state index contributed by atoms with van der Waals surface area (Å²) in [7, 11) is 0. The predicted molar refractivity (Wildman–Crippen MR) is 167 cm³/mol. The molecular formula is C35H66O3. The molecule has 0 aliphatic rings. The third kappa shape index (κ3) is 32.8. The minimum atomic E-state index is -0.485. The first-order valence-electron chi connectivity index (χ1n) is 16.8. The SMILES string of the molecule is CCCCCC=CCC=CCCCCCCCCOC(=O)OCCCCCCCCCCCCCC(C)C. The molecule has 0 aromatic heterocycles. The minimum absolute atomic E-state index is 0.485. The average Bonchev–Trinajstić information content (AvgIpc) is 2.90. The summed E-state index contributed by atoms with van der Waals surface area (Å²) in [5.74, 6) is 0.858. The van der Waals surface area contributed by atoms with E-state index >= 15 is 0 Å². The van der Waals surface area contributed by atoms with E-state index in [9.17, 15) is 4.79 Å². The van der Waals surface area contributed by atoms with Crippen LogP contribution in [-0.2, 0) is 9.47 Å². The number of hydrogen-bond donors (Lipinski definition) is 0. The van der Waals surface area contributed by atoms with Crippen LogP contribution in [0.2, 0.25) is 0 Å². The molecule has 0 spiro atoms. The Morgan fingerprint density at radius 2 is 0.921 bits per heavy atom. The summed E-state index contributed by atoms with van der Waals surface area (Å²) in [6.45, 7) is 7.88. The van der Waals surface area contributed by atoms with Crippen LogP contribution in [0.4, 0.5) is 4.79 Å². The van der Waals surface area contributed by atoms with Crippen molar-refractivity contribution >= 4 is 6.16 Å². The molecule has 0 N–H and O–H groups in total. The molecule has 0 aliphatic heterocycles. The van der Waals surface area contributed by atoms with E-state index in [1.165, 1.54) is 122 Å². The molecule has 0 saturated heterocycles. The van der Waals surface area contributed by atoms with Crippen molar-refractivity contribution in [3.8, 4) is 0 Å². The third-order valence-electron chi connectivity index (χ3n) is 7.21. The van der Waals surface area contributed by atoms with Crippen molar-refractivity contribution in [3.05, 3.63) is 24.3 Å². The fourth-order valence-corrected chi connectivity index (χ4v) is 4.69. The Morgan fingerprint density at radius 1 is 0.526 bits per heavy atom. The van der Waals surface area contributed by atoms with E-state index in [1.54, 1.807) is 0 Å². The van der Waals surface area contributed by atoms with Crippen LogP contribution < -0.4 is 0 Å². The Hall–Kier alpha value is -1.25. The lowest BCUT2D eigenvalue weighted by Crippen LogP contribution is -2.09. The van der Waals surface area contributed by atoms with E-state index in [4.69, 9.17) is 9.47 Å². The first-order chi connectivity index (χ1) is 18.7. The maximum atomic E-state index is 11.7. The summed E-state index contributed by atoms with van der Waals surface area (Å²) in [4.78, 5) is 11.7. The van der Waals surface area contributed by atoms with E-state index in [-0.39, 0.29) is 0 Å². The van der Waals surface area contributed by atoms with Crippen LogP contribution in [0.1, 0.15) is 175 Å². The highest BCUT2D eigenvalue weighted by atomic mass is 16.7. The highest BCUT2D eigenvalue weighted by Gasteiger charge is 2.03. The second-order valence-corrected chi connectivity index (χ2v) is 11.6. The molecule has 38 heavy (non-hydrogen) atoms. The lowest BCUT2D eigenvalue weighted by Gasteiger charge is -2.07. The predicted octanol–water partition coefficient (Wildman–Crippen LogP) is 12.3. The molecule has 0 aliphatic carbocycles. The highest BCUT2D eigenvalue weighted by molar-refractivity contribution is 5.59. The molecule has 0 amide bonds. The number of rotatable bonds is 29. The number of ether oxygens (including phenoxy) is 2. The van der Waals surface area contributed by atoms with Crippen LogP contribution in [0.25, 0.3) is 0 Å². The smallest absolute Gasteiger partial charge is 0.434 e. The highest BCUT2D eigenvalue weighted by Crippen LogP contribution is 2.14. The Balaban J connectivity index is 3.22. The monoisotopic (exact) mass is 535 g/mol. The van der Waals surface area contributed by atoms with Gasteiger partial charge in [-0.15, -0.1) is 0 Å². The second-order valence-electron chi connectivity index (χ2n) is 11.6. The maximum Gasteiger partial charge on any atom is 0.508 e. The zero-order chi connectivity index (χ0) is 27.8. The van der Waals surface area contributed by atoms with Crippen LogP contribution in [0.3, 0.4) is 0 Å². The van der Waals surface area contributed by atoms with Crippen molar-refractivity contribution in [3.63, 3.8) is 0 Å². The van der Waals surface area contributed by atoms with E-state index in [0.29, 0.717) is 13.2 Å². The number of hydrogen-bond acceptors (Lipinski definition) is 3. The van der Waals surface area contributed by atoms with E-state index in [1.807, 2.05) is 0 Å². The van der Waals surface area contributed by atoms with Crippen molar-refractivity contribution in [1.29, 1.82) is 0 Å². The summed E-state index contributed by atoms with van der Waals surface area (Å²) in [6, 6.07) is 0. The summed E-state index contributed by atoms with van der Waals surface area (Å²) in [6.07, 6.45) is 39.2. The van der Waals surface area contributed by atoms with Crippen molar-refractivity contribution < 1.29 is 14.3 Å². The Bertz CT molecular complexity index is 523. The van der Waals surface area contributed by atoms with Crippen LogP contribution in [0.5, 0.6) is 0 Å². The first-order valence-corrected chi connectivity index (χ1v) is 16.8. The molecular weight excluding hydrogens is 468 g/mol. The molecule has 0 bridgehead atoms. The fourth-order valence-electron chi connectivity index (χ4n) is 4.69. The molecule has 3 nitrogen and oxygen atoms in total. The van der Waals surface area contributed by atoms with Crippen molar-refractivity contribution in [2.24, 2.45) is 5.92 Å². The van der Waals surface area contributed by atoms with Gasteiger partial charge in [-0.2, -0.15) is 0 Å². The Kier molecular flexibility index (Phi) is 30.9. The second kappa shape index (κ2) is 32.0. The van der Waals surface area contributed by atoms with Gasteiger partial charge in [0.25, 0.3) is 0 Å². The summed E-state index contributed by atoms with van der Waals surface area (Å²) >= 11 is 0. The Morgan fingerprint density at radius 3 is 1.37 bits per heavy atom. The molecule has 0 radical (unpaired) electrons. The molecule has 0 unspecified atom stereocenters. The zero-order valence-electron chi connectivity index (χ0n) is 26.0. The summed E-state index contributed by atoms with van der Waals surface area (Å²) in [5.41, 5.74) is 0. The van der Waals surface area contributed by atoms with Crippen molar-refractivity contribution in [2.75, 3.05) is 13.2 Å². The lowest BCUT2D eigenvalue weighted by molar-refractivity contribution is 0.0529. The molecule has 0 atom stereocenters. The minimum Gasteiger partial charge on any atom is -0.434 e. The van der Waals surface area contributed by atoms with E-state index in [0.717, 1.165) is 38.0 Å². The quantitative estimate of drug-likeness (QED) is 0.0543. The van der Waals surface area contributed by atoms with Crippen LogP contribution in [0, 0.1) is 5.92 Å². The third-order valence-corrected chi connectivity index (χ3v) is 7.21.